The molecule has 0 spiro atoms. The van der Waals surface area contributed by atoms with E-state index in [9.17, 15) is 29.4 Å². The number of aromatic hydroxyl groups is 1. The summed E-state index contributed by atoms with van der Waals surface area (Å²) < 4.78 is 0. The van der Waals surface area contributed by atoms with E-state index in [1.807, 2.05) is 0 Å². The molecule has 0 aliphatic rings. The summed E-state index contributed by atoms with van der Waals surface area (Å²) in [6.45, 7) is 0.369. The predicted molar refractivity (Wildman–Crippen MR) is 151 cm³/mol. The largest absolute Gasteiger partial charge is 0.508 e. The van der Waals surface area contributed by atoms with Crippen molar-refractivity contribution in [3.8, 4) is 5.75 Å². The number of carbonyl (C=O) groups is 4. The Morgan fingerprint density at radius 2 is 1.36 bits per heavy atom. The number of nitrogens with zero attached hydrogens (tertiary/aromatic N) is 2. The first-order valence-electron chi connectivity index (χ1n) is 13.5. The highest BCUT2D eigenvalue weighted by Crippen LogP contribution is 2.12. The van der Waals surface area contributed by atoms with Gasteiger partial charge >= 0.3 is 5.97 Å². The van der Waals surface area contributed by atoms with Gasteiger partial charge in [-0.3, -0.25) is 14.4 Å². The molecular weight excluding hydrogens is 546 g/mol. The van der Waals surface area contributed by atoms with Crippen LogP contribution in [0.3, 0.4) is 0 Å². The Morgan fingerprint density at radius 1 is 0.786 bits per heavy atom. The fraction of sp³-hybridized carbons (Fsp3) is 0.407. The Balaban J connectivity index is 1.73. The lowest BCUT2D eigenvalue weighted by Crippen LogP contribution is -2.58. The van der Waals surface area contributed by atoms with Crippen molar-refractivity contribution in [1.82, 2.24) is 35.9 Å². The first kappa shape index (κ1) is 31.8. The molecule has 0 fully saturated rings. The highest BCUT2D eigenvalue weighted by Gasteiger charge is 2.31. The number of carbonyl (C=O) groups excluding carboxylic acids is 3. The van der Waals surface area contributed by atoms with Crippen LogP contribution in [0, 0.1) is 0 Å². The number of benzene rings is 1. The van der Waals surface area contributed by atoms with E-state index in [2.05, 4.69) is 35.9 Å². The van der Waals surface area contributed by atoms with Crippen molar-refractivity contribution in [2.45, 2.75) is 62.7 Å². The van der Waals surface area contributed by atoms with Gasteiger partial charge in [-0.25, -0.2) is 14.8 Å². The van der Waals surface area contributed by atoms with Crippen LogP contribution < -0.4 is 27.4 Å². The van der Waals surface area contributed by atoms with Crippen LogP contribution in [-0.4, -0.2) is 84.6 Å². The molecular formula is C27H37N9O6. The van der Waals surface area contributed by atoms with E-state index in [4.69, 9.17) is 11.5 Å². The Bertz CT molecular complexity index is 1280. The second kappa shape index (κ2) is 15.9. The normalized spacial score (nSPS) is 13.9. The Labute approximate surface area is 241 Å². The second-order valence-corrected chi connectivity index (χ2v) is 9.85. The van der Waals surface area contributed by atoms with Gasteiger partial charge in [-0.1, -0.05) is 12.1 Å². The molecule has 0 saturated carbocycles. The fourth-order valence-electron chi connectivity index (χ4n) is 4.20. The highest BCUT2D eigenvalue weighted by atomic mass is 16.4. The summed E-state index contributed by atoms with van der Waals surface area (Å²) in [7, 11) is 0. The van der Waals surface area contributed by atoms with Crippen molar-refractivity contribution in [2.24, 2.45) is 11.5 Å². The molecule has 2 aromatic heterocycles. The molecule has 1 aromatic carbocycles. The van der Waals surface area contributed by atoms with Gasteiger partial charge in [-0.15, -0.1) is 0 Å². The number of hydrogen-bond acceptors (Lipinski definition) is 9. The van der Waals surface area contributed by atoms with E-state index in [0.29, 0.717) is 36.3 Å². The SMILES string of the molecule is NCCCCC(NC(=O)C(Cc1cnc[nH]1)NC(=O)C(N)Cc1cnc[nH]1)C(=O)NC(Cc1ccc(O)cc1)C(=O)O. The predicted octanol–water partition coefficient (Wildman–Crippen LogP) is -1.14. The number of aromatic amines is 2. The number of nitrogens with two attached hydrogens (primary N) is 2. The van der Waals surface area contributed by atoms with Crippen LogP contribution in [0.2, 0.25) is 0 Å². The molecule has 0 bridgehead atoms. The summed E-state index contributed by atoms with van der Waals surface area (Å²) in [4.78, 5) is 65.2. The lowest BCUT2D eigenvalue weighted by molar-refractivity contribution is -0.142. The summed E-state index contributed by atoms with van der Waals surface area (Å²) in [5.74, 6) is -3.19. The van der Waals surface area contributed by atoms with E-state index in [-0.39, 0.29) is 31.4 Å². The number of imidazole rings is 2. The standard InChI is InChI=1S/C27H37N9O6/c28-8-2-1-3-21(25(39)36-23(27(41)42)9-16-4-6-19(37)7-5-16)34-26(40)22(11-18-13-31-15-33-18)35-24(38)20(29)10-17-12-30-14-32-17/h4-7,12-15,20-23,37H,1-3,8-11,28-29H2,(H,30,32)(H,31,33)(H,34,40)(H,35,38)(H,36,39)(H,41,42). The molecule has 15 heteroatoms. The molecule has 3 aromatic rings. The van der Waals surface area contributed by atoms with Crippen molar-refractivity contribution in [1.29, 1.82) is 0 Å². The first-order valence-corrected chi connectivity index (χ1v) is 13.5. The number of hydrogen-bond donors (Lipinski definition) is 9. The Kier molecular flexibility index (Phi) is 12.0. The third-order valence-electron chi connectivity index (χ3n) is 6.51. The van der Waals surface area contributed by atoms with Crippen molar-refractivity contribution in [2.75, 3.05) is 6.54 Å². The molecule has 42 heavy (non-hydrogen) atoms. The number of aromatic nitrogens is 4. The number of rotatable bonds is 17. The molecule has 0 saturated heterocycles. The van der Waals surface area contributed by atoms with Gasteiger partial charge in [0.2, 0.25) is 17.7 Å². The molecule has 4 atom stereocenters. The van der Waals surface area contributed by atoms with E-state index in [1.54, 1.807) is 18.3 Å². The summed E-state index contributed by atoms with van der Waals surface area (Å²) in [6.07, 6.45) is 7.33. The van der Waals surface area contributed by atoms with Crippen LogP contribution in [-0.2, 0) is 38.4 Å². The van der Waals surface area contributed by atoms with Gasteiger partial charge in [-0.2, -0.15) is 0 Å². The number of amides is 3. The van der Waals surface area contributed by atoms with Crippen LogP contribution in [0.15, 0.2) is 49.3 Å². The van der Waals surface area contributed by atoms with Crippen molar-refractivity contribution >= 4 is 23.7 Å². The molecule has 3 amide bonds. The van der Waals surface area contributed by atoms with Gasteiger partial charge in [-0.05, 0) is 43.5 Å². The summed E-state index contributed by atoms with van der Waals surface area (Å²) in [5, 5.41) is 27.1. The number of H-pyrrole nitrogens is 2. The van der Waals surface area contributed by atoms with Gasteiger partial charge in [0.15, 0.2) is 0 Å². The fourth-order valence-corrected chi connectivity index (χ4v) is 4.20. The number of carboxylic acids is 1. The van der Waals surface area contributed by atoms with E-state index in [1.165, 1.54) is 31.0 Å². The monoisotopic (exact) mass is 583 g/mol. The van der Waals surface area contributed by atoms with Crippen molar-refractivity contribution in [3.63, 3.8) is 0 Å². The molecule has 226 valence electrons. The number of phenols is 1. The second-order valence-electron chi connectivity index (χ2n) is 9.85. The molecule has 2 heterocycles. The summed E-state index contributed by atoms with van der Waals surface area (Å²) in [6, 6.07) is 1.44. The third-order valence-corrected chi connectivity index (χ3v) is 6.51. The minimum absolute atomic E-state index is 0.0244. The maximum Gasteiger partial charge on any atom is 0.326 e. The van der Waals surface area contributed by atoms with Gasteiger partial charge in [0.1, 0.15) is 23.9 Å². The van der Waals surface area contributed by atoms with Crippen LogP contribution >= 0.6 is 0 Å². The highest BCUT2D eigenvalue weighted by molar-refractivity contribution is 5.94. The number of carboxylic acid groups (broad SMARTS) is 1. The third kappa shape index (κ3) is 10.0. The minimum Gasteiger partial charge on any atom is -0.508 e. The lowest BCUT2D eigenvalue weighted by atomic mass is 10.0. The maximum absolute atomic E-state index is 13.5. The lowest BCUT2D eigenvalue weighted by Gasteiger charge is -2.25. The Hall–Kier alpha value is -4.76. The van der Waals surface area contributed by atoms with Gasteiger partial charge < -0.3 is 47.6 Å². The van der Waals surface area contributed by atoms with Gasteiger partial charge in [0, 0.05) is 43.0 Å². The van der Waals surface area contributed by atoms with Gasteiger partial charge in [0.05, 0.1) is 18.7 Å². The number of unbranched alkanes of at least 4 members (excludes halogenated alkanes) is 1. The van der Waals surface area contributed by atoms with E-state index >= 15 is 0 Å². The minimum atomic E-state index is -1.29. The topological polar surface area (TPSA) is 254 Å². The number of nitrogens with one attached hydrogen (secondary N) is 5. The molecule has 4 unspecified atom stereocenters. The van der Waals surface area contributed by atoms with Crippen molar-refractivity contribution in [3.05, 3.63) is 66.3 Å². The zero-order valence-corrected chi connectivity index (χ0v) is 23.0. The summed E-state index contributed by atoms with van der Waals surface area (Å²) in [5.41, 5.74) is 13.4. The van der Waals surface area contributed by atoms with E-state index < -0.39 is 47.9 Å². The van der Waals surface area contributed by atoms with Crippen LogP contribution in [0.1, 0.15) is 36.2 Å². The molecule has 3 rings (SSSR count). The van der Waals surface area contributed by atoms with E-state index in [0.717, 1.165) is 0 Å². The zero-order valence-electron chi connectivity index (χ0n) is 23.0. The number of aliphatic carboxylic acids is 1. The average molecular weight is 584 g/mol. The molecule has 15 nitrogen and oxygen atoms in total. The smallest absolute Gasteiger partial charge is 0.326 e. The molecule has 0 aliphatic carbocycles. The molecule has 0 radical (unpaired) electrons. The van der Waals surface area contributed by atoms with Crippen LogP contribution in [0.5, 0.6) is 5.75 Å². The summed E-state index contributed by atoms with van der Waals surface area (Å²) >= 11 is 0. The first-order chi connectivity index (χ1) is 20.2. The molecule has 11 N–H and O–H groups in total. The zero-order chi connectivity index (χ0) is 30.5. The Morgan fingerprint density at radius 3 is 1.93 bits per heavy atom. The average Bonchev–Trinajstić information content (AvgIpc) is 3.67. The van der Waals surface area contributed by atoms with Crippen LogP contribution in [0.25, 0.3) is 0 Å². The van der Waals surface area contributed by atoms with Crippen LogP contribution in [0.4, 0.5) is 0 Å². The molecule has 0 aliphatic heterocycles. The van der Waals surface area contributed by atoms with Crippen molar-refractivity contribution < 1.29 is 29.4 Å². The number of phenolic OH excluding ortho intramolecular Hbond substituents is 1. The maximum atomic E-state index is 13.5. The quantitative estimate of drug-likeness (QED) is 0.0863. The van der Waals surface area contributed by atoms with Gasteiger partial charge in [0.25, 0.3) is 0 Å².